The number of benzene rings is 1. The molecule has 0 radical (unpaired) electrons. The highest BCUT2D eigenvalue weighted by molar-refractivity contribution is 5.25. The normalized spacial score (nSPS) is 23.9. The molecule has 0 unspecified atom stereocenters. The van der Waals surface area contributed by atoms with Crippen molar-refractivity contribution in [2.24, 2.45) is 5.92 Å². The summed E-state index contributed by atoms with van der Waals surface area (Å²) < 4.78 is 12.0. The first-order valence-corrected chi connectivity index (χ1v) is 7.65. The van der Waals surface area contributed by atoms with Crippen LogP contribution in [0.2, 0.25) is 0 Å². The second-order valence-electron chi connectivity index (χ2n) is 5.61. The zero-order valence-corrected chi connectivity index (χ0v) is 11.9. The Labute approximate surface area is 116 Å². The third-order valence-corrected chi connectivity index (χ3v) is 4.32. The van der Waals surface area contributed by atoms with Crippen LogP contribution in [0.15, 0.2) is 36.4 Å². The van der Waals surface area contributed by atoms with E-state index >= 15 is 0 Å². The van der Waals surface area contributed by atoms with Gasteiger partial charge in [0.25, 0.3) is 0 Å². The van der Waals surface area contributed by atoms with E-state index in [1.807, 2.05) is 6.08 Å². The van der Waals surface area contributed by atoms with Gasteiger partial charge in [-0.2, -0.15) is 0 Å². The molecule has 1 heteroatoms. The standard InChI is InChI=1S/C18H25F/c1-2-15-6-10-17(11-7-15)18-12-8-16(9-13-18)5-3-4-14-19/h3,5-7,10-11,16,18H,2,4,8-9,12-14H2,1H3/b5-3+. The molecule has 2 rings (SSSR count). The summed E-state index contributed by atoms with van der Waals surface area (Å²) >= 11 is 0. The topological polar surface area (TPSA) is 0 Å². The Morgan fingerprint density at radius 2 is 1.79 bits per heavy atom. The highest BCUT2D eigenvalue weighted by atomic mass is 19.1. The maximum atomic E-state index is 12.0. The largest absolute Gasteiger partial charge is 0.251 e. The summed E-state index contributed by atoms with van der Waals surface area (Å²) in [6.07, 6.45) is 11.0. The van der Waals surface area contributed by atoms with Gasteiger partial charge in [0.2, 0.25) is 0 Å². The van der Waals surface area contributed by atoms with Crippen molar-refractivity contribution >= 4 is 0 Å². The minimum Gasteiger partial charge on any atom is -0.251 e. The molecule has 1 aromatic rings. The summed E-state index contributed by atoms with van der Waals surface area (Å²) in [4.78, 5) is 0. The lowest BCUT2D eigenvalue weighted by molar-refractivity contribution is 0.375. The lowest BCUT2D eigenvalue weighted by Crippen LogP contribution is -2.11. The molecule has 0 saturated heterocycles. The molecule has 0 nitrogen and oxygen atoms in total. The quantitative estimate of drug-likeness (QED) is 0.618. The zero-order valence-electron chi connectivity index (χ0n) is 11.9. The summed E-state index contributed by atoms with van der Waals surface area (Å²) in [6.45, 7) is 1.97. The van der Waals surface area contributed by atoms with E-state index in [2.05, 4.69) is 37.3 Å². The van der Waals surface area contributed by atoms with E-state index in [1.54, 1.807) is 0 Å². The number of allylic oxidation sites excluding steroid dienone is 2. The molecule has 0 amide bonds. The lowest BCUT2D eigenvalue weighted by Gasteiger charge is -2.27. The molecule has 1 aromatic carbocycles. The lowest BCUT2D eigenvalue weighted by atomic mass is 9.78. The average molecular weight is 260 g/mol. The van der Waals surface area contributed by atoms with Gasteiger partial charge in [0.15, 0.2) is 0 Å². The molecule has 0 N–H and O–H groups in total. The number of hydrogen-bond acceptors (Lipinski definition) is 0. The van der Waals surface area contributed by atoms with E-state index in [0.29, 0.717) is 12.3 Å². The average Bonchev–Trinajstić information content (AvgIpc) is 2.48. The Balaban J connectivity index is 1.85. The summed E-state index contributed by atoms with van der Waals surface area (Å²) in [7, 11) is 0. The van der Waals surface area contributed by atoms with Crippen molar-refractivity contribution in [3.05, 3.63) is 47.5 Å². The Morgan fingerprint density at radius 3 is 2.37 bits per heavy atom. The minimum absolute atomic E-state index is 0.227. The summed E-state index contributed by atoms with van der Waals surface area (Å²) in [6, 6.07) is 9.15. The zero-order chi connectivity index (χ0) is 13.5. The van der Waals surface area contributed by atoms with E-state index in [-0.39, 0.29) is 6.67 Å². The molecule has 0 bridgehead atoms. The molecule has 0 aromatic heterocycles. The van der Waals surface area contributed by atoms with Gasteiger partial charge < -0.3 is 0 Å². The van der Waals surface area contributed by atoms with Crippen molar-refractivity contribution in [1.29, 1.82) is 0 Å². The van der Waals surface area contributed by atoms with Gasteiger partial charge in [-0.25, -0.2) is 0 Å². The van der Waals surface area contributed by atoms with Gasteiger partial charge >= 0.3 is 0 Å². The van der Waals surface area contributed by atoms with Crippen LogP contribution >= 0.6 is 0 Å². The molecule has 1 aliphatic rings. The Morgan fingerprint density at radius 1 is 1.11 bits per heavy atom. The minimum atomic E-state index is -0.227. The van der Waals surface area contributed by atoms with Crippen molar-refractivity contribution in [2.75, 3.05) is 6.67 Å². The van der Waals surface area contributed by atoms with Crippen LogP contribution in [0.1, 0.15) is 56.1 Å². The van der Waals surface area contributed by atoms with Crippen molar-refractivity contribution in [2.45, 2.75) is 51.4 Å². The predicted octanol–water partition coefficient (Wildman–Crippen LogP) is 5.44. The summed E-state index contributed by atoms with van der Waals surface area (Å²) in [5.74, 6) is 1.41. The van der Waals surface area contributed by atoms with Crippen LogP contribution in [0, 0.1) is 5.92 Å². The van der Waals surface area contributed by atoms with E-state index in [4.69, 9.17) is 0 Å². The Bertz CT molecular complexity index is 383. The molecule has 0 aliphatic heterocycles. The second-order valence-corrected chi connectivity index (χ2v) is 5.61. The van der Waals surface area contributed by atoms with Gasteiger partial charge in [0.05, 0.1) is 6.67 Å². The fourth-order valence-corrected chi connectivity index (χ4v) is 3.02. The molecule has 19 heavy (non-hydrogen) atoms. The number of halogens is 1. The smallest absolute Gasteiger partial charge is 0.0928 e. The van der Waals surface area contributed by atoms with Crippen molar-refractivity contribution in [3.8, 4) is 0 Å². The van der Waals surface area contributed by atoms with Crippen LogP contribution in [-0.4, -0.2) is 6.67 Å². The van der Waals surface area contributed by atoms with Crippen LogP contribution in [-0.2, 0) is 6.42 Å². The third-order valence-electron chi connectivity index (χ3n) is 4.32. The third kappa shape index (κ3) is 4.19. The highest BCUT2D eigenvalue weighted by Crippen LogP contribution is 2.36. The molecular weight excluding hydrogens is 235 g/mol. The molecular formula is C18H25F. The van der Waals surface area contributed by atoms with Crippen LogP contribution < -0.4 is 0 Å². The Hall–Kier alpha value is -1.11. The molecule has 0 atom stereocenters. The van der Waals surface area contributed by atoms with Crippen molar-refractivity contribution in [3.63, 3.8) is 0 Å². The number of alkyl halides is 1. The fourth-order valence-electron chi connectivity index (χ4n) is 3.02. The Kier molecular flexibility index (Phi) is 5.62. The van der Waals surface area contributed by atoms with Gasteiger partial charge in [-0.1, -0.05) is 43.3 Å². The number of rotatable bonds is 5. The van der Waals surface area contributed by atoms with Gasteiger partial charge in [0.1, 0.15) is 0 Å². The van der Waals surface area contributed by atoms with Gasteiger partial charge in [-0.15, -0.1) is 0 Å². The first-order chi connectivity index (χ1) is 9.33. The van der Waals surface area contributed by atoms with Gasteiger partial charge in [-0.05, 0) is 61.5 Å². The molecule has 1 fully saturated rings. The van der Waals surface area contributed by atoms with Gasteiger partial charge in [0, 0.05) is 0 Å². The van der Waals surface area contributed by atoms with Crippen LogP contribution in [0.25, 0.3) is 0 Å². The second kappa shape index (κ2) is 7.47. The molecule has 1 saturated carbocycles. The maximum Gasteiger partial charge on any atom is 0.0928 e. The summed E-state index contributed by atoms with van der Waals surface area (Å²) in [5.41, 5.74) is 2.93. The molecule has 1 aliphatic carbocycles. The van der Waals surface area contributed by atoms with Crippen LogP contribution in [0.3, 0.4) is 0 Å². The van der Waals surface area contributed by atoms with E-state index < -0.39 is 0 Å². The SMILES string of the molecule is CCc1ccc(C2CCC(/C=C/CCF)CC2)cc1. The monoisotopic (exact) mass is 260 g/mol. The van der Waals surface area contributed by atoms with E-state index in [9.17, 15) is 4.39 Å². The highest BCUT2D eigenvalue weighted by Gasteiger charge is 2.20. The van der Waals surface area contributed by atoms with Crippen molar-refractivity contribution in [1.82, 2.24) is 0 Å². The first-order valence-electron chi connectivity index (χ1n) is 7.65. The van der Waals surface area contributed by atoms with Crippen LogP contribution in [0.5, 0.6) is 0 Å². The van der Waals surface area contributed by atoms with Gasteiger partial charge in [-0.3, -0.25) is 4.39 Å². The predicted molar refractivity (Wildman–Crippen MR) is 80.3 cm³/mol. The first kappa shape index (κ1) is 14.3. The van der Waals surface area contributed by atoms with E-state index in [0.717, 1.165) is 12.3 Å². The fraction of sp³-hybridized carbons (Fsp3) is 0.556. The summed E-state index contributed by atoms with van der Waals surface area (Å²) in [5, 5.41) is 0. The molecule has 0 spiro atoms. The van der Waals surface area contributed by atoms with E-state index in [1.165, 1.54) is 36.8 Å². The maximum absolute atomic E-state index is 12.0. The number of aryl methyl sites for hydroxylation is 1. The number of hydrogen-bond donors (Lipinski definition) is 0. The van der Waals surface area contributed by atoms with Crippen LogP contribution in [0.4, 0.5) is 4.39 Å². The molecule has 104 valence electrons. The molecule has 0 heterocycles. The van der Waals surface area contributed by atoms with Crippen molar-refractivity contribution < 1.29 is 4.39 Å².